The summed E-state index contributed by atoms with van der Waals surface area (Å²) in [5, 5.41) is 7.14. The molecular formula is C13H14ClIN4. The van der Waals surface area contributed by atoms with Crippen LogP contribution < -0.4 is 10.6 Å². The van der Waals surface area contributed by atoms with Gasteiger partial charge >= 0.3 is 0 Å². The lowest BCUT2D eigenvalue weighted by atomic mass is 10.3. The average Bonchev–Trinajstić information content (AvgIpc) is 2.40. The maximum Gasteiger partial charge on any atom is 0.224 e. The highest BCUT2D eigenvalue weighted by Gasteiger charge is 2.03. The summed E-state index contributed by atoms with van der Waals surface area (Å²) >= 11 is 8.17. The van der Waals surface area contributed by atoms with Crippen molar-refractivity contribution in [3.05, 3.63) is 39.1 Å². The molecule has 0 aliphatic rings. The van der Waals surface area contributed by atoms with E-state index in [2.05, 4.69) is 50.1 Å². The van der Waals surface area contributed by atoms with Crippen molar-refractivity contribution in [2.24, 2.45) is 0 Å². The van der Waals surface area contributed by atoms with Crippen LogP contribution >= 0.6 is 34.2 Å². The van der Waals surface area contributed by atoms with Crippen LogP contribution in [-0.2, 0) is 0 Å². The molecule has 2 rings (SSSR count). The van der Waals surface area contributed by atoms with Gasteiger partial charge in [-0.25, -0.2) is 4.98 Å². The van der Waals surface area contributed by atoms with E-state index in [1.165, 1.54) is 0 Å². The van der Waals surface area contributed by atoms with Gasteiger partial charge in [-0.1, -0.05) is 18.5 Å². The SMILES string of the molecule is CCCNc1nccc(Nc2ccc(Cl)cc2I)n1. The van der Waals surface area contributed by atoms with Gasteiger partial charge in [-0.15, -0.1) is 0 Å². The first-order chi connectivity index (χ1) is 9.19. The van der Waals surface area contributed by atoms with Gasteiger partial charge in [-0.2, -0.15) is 4.98 Å². The number of nitrogens with zero attached hydrogens (tertiary/aromatic N) is 2. The van der Waals surface area contributed by atoms with Gasteiger partial charge < -0.3 is 10.6 Å². The fourth-order valence-electron chi connectivity index (χ4n) is 1.48. The molecule has 1 aromatic heterocycles. The molecule has 0 atom stereocenters. The second-order valence-corrected chi connectivity index (χ2v) is 5.54. The molecule has 0 bridgehead atoms. The molecule has 0 radical (unpaired) electrons. The maximum atomic E-state index is 5.93. The third-order valence-corrected chi connectivity index (χ3v) is 3.51. The molecule has 0 spiro atoms. The summed E-state index contributed by atoms with van der Waals surface area (Å²) in [6.45, 7) is 2.97. The molecule has 0 saturated heterocycles. The molecule has 2 N–H and O–H groups in total. The molecule has 4 nitrogen and oxygen atoms in total. The van der Waals surface area contributed by atoms with E-state index < -0.39 is 0 Å². The molecule has 2 aromatic rings. The van der Waals surface area contributed by atoms with Crippen molar-refractivity contribution in [1.29, 1.82) is 0 Å². The van der Waals surface area contributed by atoms with E-state index >= 15 is 0 Å². The second kappa shape index (κ2) is 6.91. The highest BCUT2D eigenvalue weighted by atomic mass is 127. The smallest absolute Gasteiger partial charge is 0.224 e. The van der Waals surface area contributed by atoms with E-state index in [9.17, 15) is 0 Å². The van der Waals surface area contributed by atoms with Crippen molar-refractivity contribution < 1.29 is 0 Å². The second-order valence-electron chi connectivity index (χ2n) is 3.94. The number of anilines is 3. The number of halogens is 2. The Morgan fingerprint density at radius 3 is 2.89 bits per heavy atom. The maximum absolute atomic E-state index is 5.93. The van der Waals surface area contributed by atoms with Crippen molar-refractivity contribution >= 4 is 51.6 Å². The third kappa shape index (κ3) is 4.21. The van der Waals surface area contributed by atoms with Crippen molar-refractivity contribution in [2.75, 3.05) is 17.2 Å². The molecule has 0 aliphatic heterocycles. The molecule has 0 amide bonds. The minimum Gasteiger partial charge on any atom is -0.354 e. The van der Waals surface area contributed by atoms with Crippen molar-refractivity contribution in [3.8, 4) is 0 Å². The van der Waals surface area contributed by atoms with Crippen LogP contribution in [0.3, 0.4) is 0 Å². The fraction of sp³-hybridized carbons (Fsp3) is 0.231. The molecule has 1 heterocycles. The highest BCUT2D eigenvalue weighted by Crippen LogP contribution is 2.24. The van der Waals surface area contributed by atoms with Crippen LogP contribution in [0, 0.1) is 3.57 Å². The number of nitrogens with one attached hydrogen (secondary N) is 2. The minimum atomic E-state index is 0.635. The Kier molecular flexibility index (Phi) is 5.21. The molecule has 0 aliphatic carbocycles. The fourth-order valence-corrected chi connectivity index (χ4v) is 2.49. The van der Waals surface area contributed by atoms with Crippen LogP contribution in [0.15, 0.2) is 30.5 Å². The predicted molar refractivity (Wildman–Crippen MR) is 88.3 cm³/mol. The molecule has 0 fully saturated rings. The summed E-state index contributed by atoms with van der Waals surface area (Å²) in [4.78, 5) is 8.57. The van der Waals surface area contributed by atoms with Gasteiger partial charge in [0, 0.05) is 21.3 Å². The first-order valence-corrected chi connectivity index (χ1v) is 7.43. The summed E-state index contributed by atoms with van der Waals surface area (Å²) in [6.07, 6.45) is 2.77. The Labute approximate surface area is 131 Å². The molecule has 19 heavy (non-hydrogen) atoms. The standard InChI is InChI=1S/C13H14ClIN4/c1-2-6-16-13-17-7-5-12(19-13)18-11-4-3-9(14)8-10(11)15/h3-5,7-8H,2,6H2,1H3,(H2,16,17,18,19). The topological polar surface area (TPSA) is 49.8 Å². The number of rotatable bonds is 5. The normalized spacial score (nSPS) is 10.3. The zero-order valence-corrected chi connectivity index (χ0v) is 13.4. The summed E-state index contributed by atoms with van der Waals surface area (Å²) in [6, 6.07) is 7.53. The number of aromatic nitrogens is 2. The lowest BCUT2D eigenvalue weighted by Gasteiger charge is -2.09. The van der Waals surface area contributed by atoms with Crippen LogP contribution in [0.2, 0.25) is 5.02 Å². The number of hydrogen-bond donors (Lipinski definition) is 2. The largest absolute Gasteiger partial charge is 0.354 e. The van der Waals surface area contributed by atoms with E-state index in [-0.39, 0.29) is 0 Å². The van der Waals surface area contributed by atoms with Gasteiger partial charge in [-0.3, -0.25) is 0 Å². The molecule has 0 unspecified atom stereocenters. The van der Waals surface area contributed by atoms with Crippen LogP contribution in [0.4, 0.5) is 17.5 Å². The number of benzene rings is 1. The monoisotopic (exact) mass is 388 g/mol. The minimum absolute atomic E-state index is 0.635. The summed E-state index contributed by atoms with van der Waals surface area (Å²) in [7, 11) is 0. The Morgan fingerprint density at radius 2 is 2.16 bits per heavy atom. The summed E-state index contributed by atoms with van der Waals surface area (Å²) in [5.74, 6) is 1.39. The van der Waals surface area contributed by atoms with Gasteiger partial charge in [0.25, 0.3) is 0 Å². The van der Waals surface area contributed by atoms with Crippen LogP contribution in [-0.4, -0.2) is 16.5 Å². The van der Waals surface area contributed by atoms with Crippen molar-refractivity contribution in [2.45, 2.75) is 13.3 Å². The number of hydrogen-bond acceptors (Lipinski definition) is 4. The molecular weight excluding hydrogens is 375 g/mol. The average molecular weight is 389 g/mol. The predicted octanol–water partition coefficient (Wildman–Crippen LogP) is 4.30. The molecule has 100 valence electrons. The zero-order valence-electron chi connectivity index (χ0n) is 10.5. The van der Waals surface area contributed by atoms with Crippen LogP contribution in [0.5, 0.6) is 0 Å². The Balaban J connectivity index is 2.14. The van der Waals surface area contributed by atoms with Crippen molar-refractivity contribution in [1.82, 2.24) is 9.97 Å². The molecule has 6 heteroatoms. The zero-order chi connectivity index (χ0) is 13.7. The quantitative estimate of drug-likeness (QED) is 0.750. The van der Waals surface area contributed by atoms with E-state index in [1.54, 1.807) is 6.20 Å². The van der Waals surface area contributed by atoms with Crippen LogP contribution in [0.25, 0.3) is 0 Å². The molecule has 0 saturated carbocycles. The first kappa shape index (κ1) is 14.3. The van der Waals surface area contributed by atoms with E-state index in [0.29, 0.717) is 5.95 Å². The lowest BCUT2D eigenvalue weighted by molar-refractivity contribution is 0.953. The summed E-state index contributed by atoms with van der Waals surface area (Å²) in [5.41, 5.74) is 0.977. The van der Waals surface area contributed by atoms with E-state index in [4.69, 9.17) is 11.6 Å². The van der Waals surface area contributed by atoms with Gasteiger partial charge in [0.1, 0.15) is 5.82 Å². The lowest BCUT2D eigenvalue weighted by Crippen LogP contribution is -2.05. The Morgan fingerprint density at radius 1 is 1.32 bits per heavy atom. The first-order valence-electron chi connectivity index (χ1n) is 5.98. The Hall–Kier alpha value is -1.08. The van der Waals surface area contributed by atoms with Gasteiger partial charge in [-0.05, 0) is 53.3 Å². The van der Waals surface area contributed by atoms with Crippen molar-refractivity contribution in [3.63, 3.8) is 0 Å². The molecule has 1 aromatic carbocycles. The van der Waals surface area contributed by atoms with Gasteiger partial charge in [0.05, 0.1) is 5.69 Å². The van der Waals surface area contributed by atoms with E-state index in [1.807, 2.05) is 24.3 Å². The summed E-state index contributed by atoms with van der Waals surface area (Å²) < 4.78 is 1.05. The third-order valence-electron chi connectivity index (χ3n) is 2.38. The highest BCUT2D eigenvalue weighted by molar-refractivity contribution is 14.1. The van der Waals surface area contributed by atoms with Gasteiger partial charge in [0.15, 0.2) is 0 Å². The van der Waals surface area contributed by atoms with E-state index in [0.717, 1.165) is 33.1 Å². The Bertz CT molecular complexity index is 562. The van der Waals surface area contributed by atoms with Gasteiger partial charge in [0.2, 0.25) is 5.95 Å². The van der Waals surface area contributed by atoms with Crippen LogP contribution in [0.1, 0.15) is 13.3 Å².